The van der Waals surface area contributed by atoms with Crippen molar-refractivity contribution in [3.63, 3.8) is 0 Å². The lowest BCUT2D eigenvalue weighted by Crippen LogP contribution is -2.34. The summed E-state index contributed by atoms with van der Waals surface area (Å²) in [5.74, 6) is 0.634. The van der Waals surface area contributed by atoms with Crippen LogP contribution < -0.4 is 10.6 Å². The maximum absolute atomic E-state index is 11.8. The molecule has 2 heterocycles. The molecule has 0 aliphatic heterocycles. The molecule has 7 heteroatoms. The minimum absolute atomic E-state index is 0.226. The molecule has 0 saturated carbocycles. The molecule has 2 aromatic heterocycles. The van der Waals surface area contributed by atoms with Gasteiger partial charge in [-0.15, -0.1) is 11.3 Å². The van der Waals surface area contributed by atoms with E-state index in [1.165, 1.54) is 11.3 Å². The number of carbonyl (C=O) groups is 1. The molecule has 0 aromatic carbocycles. The van der Waals surface area contributed by atoms with Gasteiger partial charge in [0.1, 0.15) is 0 Å². The third kappa shape index (κ3) is 3.57. The van der Waals surface area contributed by atoms with Crippen LogP contribution >= 0.6 is 11.3 Å². The molecule has 2 amide bonds. The van der Waals surface area contributed by atoms with E-state index in [9.17, 15) is 4.79 Å². The smallest absolute Gasteiger partial charge is 0.321 e. The van der Waals surface area contributed by atoms with Gasteiger partial charge in [-0.25, -0.2) is 9.78 Å². The van der Waals surface area contributed by atoms with Crippen LogP contribution in [0.4, 0.5) is 9.93 Å². The quantitative estimate of drug-likeness (QED) is 0.889. The second-order valence-corrected chi connectivity index (χ2v) is 5.80. The Morgan fingerprint density at radius 3 is 2.80 bits per heavy atom. The predicted molar refractivity (Wildman–Crippen MR) is 79.9 cm³/mol. The van der Waals surface area contributed by atoms with E-state index in [0.717, 1.165) is 5.69 Å². The van der Waals surface area contributed by atoms with Crippen LogP contribution in [0.3, 0.4) is 0 Å². The molecule has 6 nitrogen and oxygen atoms in total. The number of carbonyl (C=O) groups excluding carboxylic acids is 1. The molecule has 0 aliphatic rings. The first-order valence-corrected chi connectivity index (χ1v) is 7.38. The Labute approximate surface area is 122 Å². The summed E-state index contributed by atoms with van der Waals surface area (Å²) in [4.78, 5) is 15.8. The fraction of sp³-hybridized carbons (Fsp3) is 0.462. The van der Waals surface area contributed by atoms with Gasteiger partial charge in [-0.2, -0.15) is 5.10 Å². The fourth-order valence-electron chi connectivity index (χ4n) is 2.06. The van der Waals surface area contributed by atoms with Crippen molar-refractivity contribution in [1.29, 1.82) is 0 Å². The Hall–Kier alpha value is -1.89. The van der Waals surface area contributed by atoms with Crippen LogP contribution in [0.2, 0.25) is 0 Å². The molecular weight excluding hydrogens is 274 g/mol. The average molecular weight is 293 g/mol. The average Bonchev–Trinajstić information content (AvgIpc) is 3.02. The van der Waals surface area contributed by atoms with Crippen molar-refractivity contribution >= 4 is 22.5 Å². The van der Waals surface area contributed by atoms with Crippen LogP contribution in [0.15, 0.2) is 23.8 Å². The Bertz CT molecular complexity index is 549. The maximum atomic E-state index is 11.8. The van der Waals surface area contributed by atoms with Gasteiger partial charge < -0.3 is 5.32 Å². The van der Waals surface area contributed by atoms with Gasteiger partial charge in [-0.3, -0.25) is 10.00 Å². The van der Waals surface area contributed by atoms with E-state index < -0.39 is 0 Å². The number of nitrogens with zero attached hydrogens (tertiary/aromatic N) is 3. The lowest BCUT2D eigenvalue weighted by atomic mass is 9.92. The summed E-state index contributed by atoms with van der Waals surface area (Å²) in [6.45, 7) is 4.84. The molecule has 2 rings (SSSR count). The molecule has 1 atom stereocenters. The van der Waals surface area contributed by atoms with Crippen LogP contribution in [0.5, 0.6) is 0 Å². The van der Waals surface area contributed by atoms with Gasteiger partial charge in [0.2, 0.25) is 0 Å². The number of hydrogen-bond acceptors (Lipinski definition) is 4. The summed E-state index contributed by atoms with van der Waals surface area (Å²) < 4.78 is 1.85. The number of rotatable bonds is 5. The van der Waals surface area contributed by atoms with Gasteiger partial charge in [0.15, 0.2) is 5.13 Å². The summed E-state index contributed by atoms with van der Waals surface area (Å²) in [6.07, 6.45) is 3.44. The predicted octanol–water partition coefficient (Wildman–Crippen LogP) is 2.44. The van der Waals surface area contributed by atoms with E-state index >= 15 is 0 Å². The number of hydrogen-bond donors (Lipinski definition) is 2. The van der Waals surface area contributed by atoms with Crippen molar-refractivity contribution in [2.75, 3.05) is 11.9 Å². The lowest BCUT2D eigenvalue weighted by Gasteiger charge is -2.21. The largest absolute Gasteiger partial charge is 0.337 e. The standard InChI is InChI=1S/C13H19N5OS/c1-9(2)10(11-4-5-16-18(11)3)8-15-12(19)17-13-14-6-7-20-13/h4-7,9-10H,8H2,1-3H3,(H2,14,15,17,19)/t10-/m0/s1. The van der Waals surface area contributed by atoms with Gasteiger partial charge in [0.05, 0.1) is 0 Å². The topological polar surface area (TPSA) is 71.8 Å². The van der Waals surface area contributed by atoms with Crippen LogP contribution in [0.1, 0.15) is 25.5 Å². The van der Waals surface area contributed by atoms with E-state index in [1.54, 1.807) is 12.4 Å². The second-order valence-electron chi connectivity index (χ2n) is 4.90. The Morgan fingerprint density at radius 1 is 1.45 bits per heavy atom. The van der Waals surface area contributed by atoms with E-state index in [4.69, 9.17) is 0 Å². The highest BCUT2D eigenvalue weighted by atomic mass is 32.1. The van der Waals surface area contributed by atoms with Gasteiger partial charge >= 0.3 is 6.03 Å². The summed E-state index contributed by atoms with van der Waals surface area (Å²) in [6, 6.07) is 1.76. The zero-order chi connectivity index (χ0) is 14.5. The molecule has 2 N–H and O–H groups in total. The molecule has 0 spiro atoms. The summed E-state index contributed by atoms with van der Waals surface area (Å²) in [5.41, 5.74) is 1.12. The summed E-state index contributed by atoms with van der Waals surface area (Å²) in [5, 5.41) is 12.2. The van der Waals surface area contributed by atoms with Crippen LogP contribution in [-0.2, 0) is 7.05 Å². The molecule has 0 aliphatic carbocycles. The molecule has 108 valence electrons. The SMILES string of the molecule is CC(C)[C@H](CNC(=O)Nc1nccs1)c1ccnn1C. The van der Waals surface area contributed by atoms with Crippen LogP contribution in [0.25, 0.3) is 0 Å². The normalized spacial score (nSPS) is 12.4. The minimum Gasteiger partial charge on any atom is -0.337 e. The number of aromatic nitrogens is 3. The van der Waals surface area contributed by atoms with Crippen molar-refractivity contribution in [2.24, 2.45) is 13.0 Å². The van der Waals surface area contributed by atoms with Gasteiger partial charge in [0.25, 0.3) is 0 Å². The fourth-order valence-corrected chi connectivity index (χ4v) is 2.58. The first-order chi connectivity index (χ1) is 9.58. The summed E-state index contributed by atoms with van der Waals surface area (Å²) in [7, 11) is 1.92. The number of urea groups is 1. The van der Waals surface area contributed by atoms with Crippen molar-refractivity contribution in [2.45, 2.75) is 19.8 Å². The third-order valence-electron chi connectivity index (χ3n) is 3.18. The van der Waals surface area contributed by atoms with E-state index in [1.807, 2.05) is 23.2 Å². The molecule has 0 fully saturated rings. The first-order valence-electron chi connectivity index (χ1n) is 6.50. The zero-order valence-electron chi connectivity index (χ0n) is 11.8. The molecule has 2 aromatic rings. The van der Waals surface area contributed by atoms with Crippen molar-refractivity contribution < 1.29 is 4.79 Å². The highest BCUT2D eigenvalue weighted by molar-refractivity contribution is 7.13. The number of anilines is 1. The molecule has 20 heavy (non-hydrogen) atoms. The van der Waals surface area contributed by atoms with Gasteiger partial charge in [0, 0.05) is 43.0 Å². The molecule has 0 radical (unpaired) electrons. The van der Waals surface area contributed by atoms with Gasteiger partial charge in [-0.1, -0.05) is 13.8 Å². The molecule has 0 unspecified atom stereocenters. The van der Waals surface area contributed by atoms with E-state index in [2.05, 4.69) is 34.6 Å². The lowest BCUT2D eigenvalue weighted by molar-refractivity contribution is 0.250. The molecule has 0 bridgehead atoms. The van der Waals surface area contributed by atoms with Crippen molar-refractivity contribution in [3.05, 3.63) is 29.5 Å². The molecular formula is C13H19N5OS. The Balaban J connectivity index is 1.93. The Kier molecular flexibility index (Phi) is 4.73. The number of thiazole rings is 1. The number of aryl methyl sites for hydroxylation is 1. The minimum atomic E-state index is -0.229. The Morgan fingerprint density at radius 2 is 2.25 bits per heavy atom. The molecule has 0 saturated heterocycles. The highest BCUT2D eigenvalue weighted by Gasteiger charge is 2.19. The van der Waals surface area contributed by atoms with E-state index in [-0.39, 0.29) is 11.9 Å². The first kappa shape index (κ1) is 14.5. The number of amides is 2. The van der Waals surface area contributed by atoms with Crippen LogP contribution in [0, 0.1) is 5.92 Å². The van der Waals surface area contributed by atoms with Crippen molar-refractivity contribution in [3.8, 4) is 0 Å². The van der Waals surface area contributed by atoms with E-state index in [0.29, 0.717) is 17.6 Å². The monoisotopic (exact) mass is 293 g/mol. The third-order valence-corrected chi connectivity index (χ3v) is 3.87. The zero-order valence-corrected chi connectivity index (χ0v) is 12.6. The van der Waals surface area contributed by atoms with Crippen molar-refractivity contribution in [1.82, 2.24) is 20.1 Å². The highest BCUT2D eigenvalue weighted by Crippen LogP contribution is 2.22. The summed E-state index contributed by atoms with van der Waals surface area (Å²) >= 11 is 1.39. The van der Waals surface area contributed by atoms with Crippen LogP contribution in [-0.4, -0.2) is 27.3 Å². The number of nitrogens with one attached hydrogen (secondary N) is 2. The second kappa shape index (κ2) is 6.51. The van der Waals surface area contributed by atoms with Gasteiger partial charge in [-0.05, 0) is 12.0 Å². The maximum Gasteiger partial charge on any atom is 0.321 e.